The Morgan fingerprint density at radius 2 is 2.00 bits per heavy atom. The monoisotopic (exact) mass is 274 g/mol. The van der Waals surface area contributed by atoms with E-state index in [2.05, 4.69) is 4.98 Å². The molecule has 20 heavy (non-hydrogen) atoms. The number of benzene rings is 1. The Balaban J connectivity index is 2.22. The van der Waals surface area contributed by atoms with Crippen LogP contribution in [0.5, 0.6) is 11.5 Å². The molecule has 106 valence electrons. The van der Waals surface area contributed by atoms with Gasteiger partial charge in [-0.15, -0.1) is 0 Å². The Morgan fingerprint density at radius 3 is 2.60 bits per heavy atom. The zero-order valence-electron chi connectivity index (χ0n) is 11.9. The van der Waals surface area contributed by atoms with Gasteiger partial charge in [0, 0.05) is 12.4 Å². The van der Waals surface area contributed by atoms with Crippen LogP contribution in [-0.2, 0) is 0 Å². The van der Waals surface area contributed by atoms with Crippen LogP contribution in [0.1, 0.15) is 25.6 Å². The summed E-state index contributed by atoms with van der Waals surface area (Å²) in [6.45, 7) is 5.88. The van der Waals surface area contributed by atoms with Crippen LogP contribution in [0.2, 0.25) is 0 Å². The molecule has 0 amide bonds. The second-order valence-corrected chi connectivity index (χ2v) is 4.77. The minimum absolute atomic E-state index is 0.193. The predicted octanol–water partition coefficient (Wildman–Crippen LogP) is 2.78. The van der Waals surface area contributed by atoms with Crippen molar-refractivity contribution in [3.05, 3.63) is 43.0 Å². The number of aromatic nitrogens is 2. The van der Waals surface area contributed by atoms with Gasteiger partial charge in [-0.2, -0.15) is 0 Å². The molecule has 0 bridgehead atoms. The molecule has 0 N–H and O–H groups in total. The number of hydrogen-bond donors (Lipinski definition) is 0. The zero-order chi connectivity index (χ0) is 14.6. The third kappa shape index (κ3) is 2.99. The SMILES string of the molecule is CCOc1ccccc1OC(C)(C)C(=O)n1ccnc1. The highest BCUT2D eigenvalue weighted by molar-refractivity contribution is 5.87. The Labute approximate surface area is 118 Å². The fraction of sp³-hybridized carbons (Fsp3) is 0.333. The Morgan fingerprint density at radius 1 is 1.30 bits per heavy atom. The minimum atomic E-state index is -1.02. The van der Waals surface area contributed by atoms with E-state index in [1.54, 1.807) is 32.3 Å². The summed E-state index contributed by atoms with van der Waals surface area (Å²) in [4.78, 5) is 16.2. The number of hydrogen-bond acceptors (Lipinski definition) is 4. The van der Waals surface area contributed by atoms with Crippen LogP contribution in [0.25, 0.3) is 0 Å². The van der Waals surface area contributed by atoms with E-state index in [0.29, 0.717) is 18.1 Å². The standard InChI is InChI=1S/C15H18N2O3/c1-4-19-12-7-5-6-8-13(12)20-15(2,3)14(18)17-10-9-16-11-17/h5-11H,4H2,1-3H3. The third-order valence-electron chi connectivity index (χ3n) is 2.77. The molecule has 1 heterocycles. The van der Waals surface area contributed by atoms with Gasteiger partial charge in [-0.25, -0.2) is 4.98 Å². The first-order chi connectivity index (χ1) is 9.54. The molecule has 5 nitrogen and oxygen atoms in total. The molecule has 0 fully saturated rings. The molecule has 0 spiro atoms. The van der Waals surface area contributed by atoms with Crippen LogP contribution in [0, 0.1) is 0 Å². The molecule has 0 saturated carbocycles. The summed E-state index contributed by atoms with van der Waals surface area (Å²) in [5, 5.41) is 0. The molecule has 0 atom stereocenters. The second-order valence-electron chi connectivity index (χ2n) is 4.77. The normalized spacial score (nSPS) is 11.2. The first-order valence-corrected chi connectivity index (χ1v) is 6.48. The van der Waals surface area contributed by atoms with Crippen LogP contribution in [-0.4, -0.2) is 27.7 Å². The van der Waals surface area contributed by atoms with Crippen LogP contribution < -0.4 is 9.47 Å². The minimum Gasteiger partial charge on any atom is -0.490 e. The first-order valence-electron chi connectivity index (χ1n) is 6.48. The lowest BCUT2D eigenvalue weighted by Crippen LogP contribution is -2.41. The predicted molar refractivity (Wildman–Crippen MR) is 75.2 cm³/mol. The molecule has 1 aromatic heterocycles. The van der Waals surface area contributed by atoms with Crippen molar-refractivity contribution in [3.63, 3.8) is 0 Å². The lowest BCUT2D eigenvalue weighted by molar-refractivity contribution is 0.0477. The molecule has 1 aromatic carbocycles. The second kappa shape index (κ2) is 5.77. The van der Waals surface area contributed by atoms with E-state index in [1.165, 1.54) is 10.9 Å². The zero-order valence-corrected chi connectivity index (χ0v) is 11.9. The van der Waals surface area contributed by atoms with E-state index in [9.17, 15) is 4.79 Å². The Bertz CT molecular complexity index is 577. The molecule has 0 aliphatic rings. The lowest BCUT2D eigenvalue weighted by Gasteiger charge is -2.26. The number of carbonyl (C=O) groups is 1. The van der Waals surface area contributed by atoms with Gasteiger partial charge in [0.15, 0.2) is 17.1 Å². The highest BCUT2D eigenvalue weighted by Crippen LogP contribution is 2.30. The maximum absolute atomic E-state index is 12.4. The maximum atomic E-state index is 12.4. The molecule has 0 unspecified atom stereocenters. The summed E-state index contributed by atoms with van der Waals surface area (Å²) in [6, 6.07) is 7.31. The van der Waals surface area contributed by atoms with Crippen LogP contribution in [0.3, 0.4) is 0 Å². The van der Waals surface area contributed by atoms with Crippen molar-refractivity contribution in [3.8, 4) is 11.5 Å². The fourth-order valence-corrected chi connectivity index (χ4v) is 1.82. The average molecular weight is 274 g/mol. The van der Waals surface area contributed by atoms with Gasteiger partial charge in [-0.3, -0.25) is 9.36 Å². The van der Waals surface area contributed by atoms with Crippen LogP contribution in [0.15, 0.2) is 43.0 Å². The molecular weight excluding hydrogens is 256 g/mol. The molecule has 0 aliphatic carbocycles. The fourth-order valence-electron chi connectivity index (χ4n) is 1.82. The average Bonchev–Trinajstić information content (AvgIpc) is 2.94. The summed E-state index contributed by atoms with van der Waals surface area (Å²) in [5.41, 5.74) is -1.02. The number of ether oxygens (including phenoxy) is 2. The summed E-state index contributed by atoms with van der Waals surface area (Å²) in [6.07, 6.45) is 4.62. The van der Waals surface area contributed by atoms with Crippen LogP contribution >= 0.6 is 0 Å². The molecule has 0 aliphatic heterocycles. The van der Waals surface area contributed by atoms with Gasteiger partial charge in [0.2, 0.25) is 0 Å². The number of nitrogens with zero attached hydrogens (tertiary/aromatic N) is 2. The molecule has 5 heteroatoms. The summed E-state index contributed by atoms with van der Waals surface area (Å²) in [7, 11) is 0. The molecule has 0 radical (unpaired) electrons. The summed E-state index contributed by atoms with van der Waals surface area (Å²) < 4.78 is 12.8. The van der Waals surface area contributed by atoms with Gasteiger partial charge in [-0.05, 0) is 32.9 Å². The third-order valence-corrected chi connectivity index (χ3v) is 2.77. The van der Waals surface area contributed by atoms with E-state index in [0.717, 1.165) is 0 Å². The largest absolute Gasteiger partial charge is 0.490 e. The topological polar surface area (TPSA) is 53.4 Å². The van der Waals surface area contributed by atoms with Crippen molar-refractivity contribution in [1.82, 2.24) is 9.55 Å². The highest BCUT2D eigenvalue weighted by Gasteiger charge is 2.32. The number of carbonyl (C=O) groups excluding carboxylic acids is 1. The van der Waals surface area contributed by atoms with E-state index in [4.69, 9.17) is 9.47 Å². The quantitative estimate of drug-likeness (QED) is 0.841. The number of para-hydroxylation sites is 2. The van der Waals surface area contributed by atoms with Gasteiger partial charge in [0.25, 0.3) is 5.91 Å². The van der Waals surface area contributed by atoms with Crippen molar-refractivity contribution in [2.75, 3.05) is 6.61 Å². The first kappa shape index (κ1) is 14.1. The van der Waals surface area contributed by atoms with Crippen LogP contribution in [0.4, 0.5) is 0 Å². The van der Waals surface area contributed by atoms with Gasteiger partial charge < -0.3 is 9.47 Å². The summed E-state index contributed by atoms with van der Waals surface area (Å²) >= 11 is 0. The Kier molecular flexibility index (Phi) is 4.08. The molecular formula is C15H18N2O3. The van der Waals surface area contributed by atoms with Crippen molar-refractivity contribution in [1.29, 1.82) is 0 Å². The lowest BCUT2D eigenvalue weighted by atomic mass is 10.1. The maximum Gasteiger partial charge on any atom is 0.275 e. The highest BCUT2D eigenvalue weighted by atomic mass is 16.5. The van der Waals surface area contributed by atoms with E-state index >= 15 is 0 Å². The van der Waals surface area contributed by atoms with Gasteiger partial charge in [0.1, 0.15) is 6.33 Å². The van der Waals surface area contributed by atoms with E-state index in [1.807, 2.05) is 25.1 Å². The molecule has 0 saturated heterocycles. The molecule has 2 aromatic rings. The summed E-state index contributed by atoms with van der Waals surface area (Å²) in [5.74, 6) is 0.982. The van der Waals surface area contributed by atoms with E-state index in [-0.39, 0.29) is 5.91 Å². The number of imidazole rings is 1. The van der Waals surface area contributed by atoms with Crippen molar-refractivity contribution in [2.24, 2.45) is 0 Å². The van der Waals surface area contributed by atoms with Crippen molar-refractivity contribution < 1.29 is 14.3 Å². The van der Waals surface area contributed by atoms with Gasteiger partial charge in [0.05, 0.1) is 6.61 Å². The Hall–Kier alpha value is -2.30. The van der Waals surface area contributed by atoms with Gasteiger partial charge >= 0.3 is 0 Å². The van der Waals surface area contributed by atoms with Crippen molar-refractivity contribution >= 4 is 5.91 Å². The number of rotatable bonds is 5. The van der Waals surface area contributed by atoms with Gasteiger partial charge in [-0.1, -0.05) is 12.1 Å². The molecule has 2 rings (SSSR count). The van der Waals surface area contributed by atoms with E-state index < -0.39 is 5.60 Å². The van der Waals surface area contributed by atoms with Crippen molar-refractivity contribution in [2.45, 2.75) is 26.4 Å². The smallest absolute Gasteiger partial charge is 0.275 e.